The van der Waals surface area contributed by atoms with Crippen molar-refractivity contribution >= 4 is 0 Å². The highest BCUT2D eigenvalue weighted by atomic mass is 19.1. The number of ether oxygens (including phenoxy) is 1. The van der Waals surface area contributed by atoms with Gasteiger partial charge in [0.1, 0.15) is 0 Å². The van der Waals surface area contributed by atoms with Crippen LogP contribution in [0.15, 0.2) is 18.2 Å². The van der Waals surface area contributed by atoms with E-state index in [9.17, 15) is 4.39 Å². The molecule has 18 heavy (non-hydrogen) atoms. The molecule has 1 aliphatic rings. The van der Waals surface area contributed by atoms with Gasteiger partial charge >= 0.3 is 0 Å². The quantitative estimate of drug-likeness (QED) is 0.826. The van der Waals surface area contributed by atoms with E-state index in [1.165, 1.54) is 31.7 Å². The molecule has 0 amide bonds. The molecular weight excluding hydrogens is 229 g/mol. The Kier molecular flexibility index (Phi) is 4.59. The Morgan fingerprint density at radius 2 is 1.89 bits per heavy atom. The van der Waals surface area contributed by atoms with Gasteiger partial charge in [-0.1, -0.05) is 18.9 Å². The summed E-state index contributed by atoms with van der Waals surface area (Å²) >= 11 is 0. The van der Waals surface area contributed by atoms with Crippen LogP contribution in [0.2, 0.25) is 0 Å². The van der Waals surface area contributed by atoms with E-state index in [1.54, 1.807) is 6.07 Å². The zero-order valence-corrected chi connectivity index (χ0v) is 11.0. The van der Waals surface area contributed by atoms with Gasteiger partial charge in [0.05, 0.1) is 6.10 Å². The summed E-state index contributed by atoms with van der Waals surface area (Å²) in [6, 6.07) is 4.89. The van der Waals surface area contributed by atoms with Crippen molar-refractivity contribution in [1.82, 2.24) is 0 Å². The van der Waals surface area contributed by atoms with Crippen LogP contribution >= 0.6 is 0 Å². The molecule has 0 aromatic heterocycles. The molecule has 1 aromatic rings. The van der Waals surface area contributed by atoms with Crippen molar-refractivity contribution in [2.75, 3.05) is 0 Å². The predicted octanol–water partition coefficient (Wildman–Crippen LogP) is 3.95. The first kappa shape index (κ1) is 13.3. The number of halogens is 1. The van der Waals surface area contributed by atoms with Crippen molar-refractivity contribution in [3.63, 3.8) is 0 Å². The molecule has 1 aromatic carbocycles. The van der Waals surface area contributed by atoms with Gasteiger partial charge in [-0.15, -0.1) is 0 Å². The third-order valence-corrected chi connectivity index (χ3v) is 3.58. The van der Waals surface area contributed by atoms with E-state index in [2.05, 4.69) is 0 Å². The molecule has 0 bridgehead atoms. The average molecular weight is 251 g/mol. The lowest BCUT2D eigenvalue weighted by atomic mass is 10.1. The molecule has 3 heteroatoms. The van der Waals surface area contributed by atoms with Crippen molar-refractivity contribution in [2.45, 2.75) is 57.6 Å². The van der Waals surface area contributed by atoms with E-state index >= 15 is 0 Å². The highest BCUT2D eigenvalue weighted by molar-refractivity contribution is 5.30. The minimum absolute atomic E-state index is 0.147. The third kappa shape index (κ3) is 3.45. The van der Waals surface area contributed by atoms with E-state index in [0.717, 1.165) is 18.4 Å². The van der Waals surface area contributed by atoms with Gasteiger partial charge in [0.25, 0.3) is 0 Å². The van der Waals surface area contributed by atoms with E-state index in [1.807, 2.05) is 13.0 Å². The lowest BCUT2D eigenvalue weighted by molar-refractivity contribution is 0.176. The Balaban J connectivity index is 2.04. The Labute approximate surface area is 108 Å². The fourth-order valence-electron chi connectivity index (χ4n) is 2.44. The molecule has 0 spiro atoms. The molecule has 2 N–H and O–H groups in total. The van der Waals surface area contributed by atoms with Crippen molar-refractivity contribution < 1.29 is 9.13 Å². The van der Waals surface area contributed by atoms with Crippen LogP contribution in [0.4, 0.5) is 4.39 Å². The fraction of sp³-hybridized carbons (Fsp3) is 0.600. The topological polar surface area (TPSA) is 35.2 Å². The van der Waals surface area contributed by atoms with Gasteiger partial charge in [-0.25, -0.2) is 4.39 Å². The second-order valence-corrected chi connectivity index (χ2v) is 5.21. The highest BCUT2D eigenvalue weighted by Crippen LogP contribution is 2.26. The molecule has 0 aliphatic heterocycles. The van der Waals surface area contributed by atoms with Crippen LogP contribution < -0.4 is 10.5 Å². The third-order valence-electron chi connectivity index (χ3n) is 3.58. The Morgan fingerprint density at radius 1 is 1.22 bits per heavy atom. The summed E-state index contributed by atoms with van der Waals surface area (Å²) < 4.78 is 19.7. The molecule has 0 saturated heterocycles. The van der Waals surface area contributed by atoms with Gasteiger partial charge in [0.15, 0.2) is 11.6 Å². The summed E-state index contributed by atoms with van der Waals surface area (Å²) in [6.07, 6.45) is 7.15. The number of hydrogen-bond acceptors (Lipinski definition) is 2. The van der Waals surface area contributed by atoms with Crippen molar-refractivity contribution in [3.8, 4) is 5.75 Å². The summed E-state index contributed by atoms with van der Waals surface area (Å²) in [5, 5.41) is 0. The average Bonchev–Trinajstić information content (AvgIpc) is 2.60. The Bertz CT molecular complexity index is 384. The molecule has 0 heterocycles. The molecule has 100 valence electrons. The summed E-state index contributed by atoms with van der Waals surface area (Å²) in [7, 11) is 0. The Morgan fingerprint density at radius 3 is 2.44 bits per heavy atom. The second kappa shape index (κ2) is 6.19. The number of rotatable bonds is 3. The van der Waals surface area contributed by atoms with Crippen molar-refractivity contribution in [2.24, 2.45) is 5.73 Å². The molecule has 1 fully saturated rings. The van der Waals surface area contributed by atoms with Crippen LogP contribution in [-0.4, -0.2) is 6.10 Å². The van der Waals surface area contributed by atoms with Crippen LogP contribution in [0.3, 0.4) is 0 Å². The SMILES string of the molecule is C[C@@H](N)c1ccc(OC2CCCCCC2)c(F)c1. The van der Waals surface area contributed by atoms with Crippen molar-refractivity contribution in [1.29, 1.82) is 0 Å². The monoisotopic (exact) mass is 251 g/mol. The smallest absolute Gasteiger partial charge is 0.165 e. The van der Waals surface area contributed by atoms with Crippen LogP contribution in [-0.2, 0) is 0 Å². The summed E-state index contributed by atoms with van der Waals surface area (Å²) in [6.45, 7) is 1.85. The predicted molar refractivity (Wildman–Crippen MR) is 71.1 cm³/mol. The molecule has 0 radical (unpaired) electrons. The number of nitrogens with two attached hydrogens (primary N) is 1. The van der Waals surface area contributed by atoms with Crippen LogP contribution in [0.5, 0.6) is 5.75 Å². The normalized spacial score (nSPS) is 19.3. The first-order valence-electron chi connectivity index (χ1n) is 6.88. The van der Waals surface area contributed by atoms with Gasteiger partial charge in [0.2, 0.25) is 0 Å². The summed E-state index contributed by atoms with van der Waals surface area (Å²) in [5.74, 6) is 0.0698. The van der Waals surface area contributed by atoms with Crippen LogP contribution in [0.25, 0.3) is 0 Å². The second-order valence-electron chi connectivity index (χ2n) is 5.21. The molecule has 1 atom stereocenters. The maximum Gasteiger partial charge on any atom is 0.165 e. The van der Waals surface area contributed by atoms with Gasteiger partial charge in [0, 0.05) is 6.04 Å². The molecular formula is C15H22FNO. The largest absolute Gasteiger partial charge is 0.487 e. The minimum atomic E-state index is -0.297. The van der Waals surface area contributed by atoms with Gasteiger partial charge < -0.3 is 10.5 Å². The summed E-state index contributed by atoms with van der Waals surface area (Å²) in [4.78, 5) is 0. The maximum atomic E-state index is 13.9. The van der Waals surface area contributed by atoms with Gasteiger partial charge in [-0.05, 0) is 50.3 Å². The van der Waals surface area contributed by atoms with Gasteiger partial charge in [-0.2, -0.15) is 0 Å². The lowest BCUT2D eigenvalue weighted by Gasteiger charge is -2.18. The molecule has 1 aliphatic carbocycles. The van der Waals surface area contributed by atoms with Gasteiger partial charge in [-0.3, -0.25) is 0 Å². The van der Waals surface area contributed by atoms with Crippen LogP contribution in [0, 0.1) is 5.82 Å². The number of hydrogen-bond donors (Lipinski definition) is 1. The summed E-state index contributed by atoms with van der Waals surface area (Å²) in [5.41, 5.74) is 6.54. The highest BCUT2D eigenvalue weighted by Gasteiger charge is 2.16. The lowest BCUT2D eigenvalue weighted by Crippen LogP contribution is -2.16. The molecule has 2 nitrogen and oxygen atoms in total. The van der Waals surface area contributed by atoms with E-state index < -0.39 is 0 Å². The van der Waals surface area contributed by atoms with Crippen LogP contribution in [0.1, 0.15) is 57.1 Å². The standard InChI is InChI=1S/C15H22FNO/c1-11(17)12-8-9-15(14(16)10-12)18-13-6-4-2-3-5-7-13/h8-11,13H,2-7,17H2,1H3/t11-/m1/s1. The maximum absolute atomic E-state index is 13.9. The molecule has 2 rings (SSSR count). The Hall–Kier alpha value is -1.09. The fourth-order valence-corrected chi connectivity index (χ4v) is 2.44. The van der Waals surface area contributed by atoms with Crippen molar-refractivity contribution in [3.05, 3.63) is 29.6 Å². The van der Waals surface area contributed by atoms with E-state index in [4.69, 9.17) is 10.5 Å². The zero-order valence-electron chi connectivity index (χ0n) is 11.0. The van der Waals surface area contributed by atoms with E-state index in [-0.39, 0.29) is 18.0 Å². The first-order valence-corrected chi connectivity index (χ1v) is 6.88. The molecule has 1 saturated carbocycles. The van der Waals surface area contributed by atoms with E-state index in [0.29, 0.717) is 5.75 Å². The first-order chi connectivity index (χ1) is 8.66. The minimum Gasteiger partial charge on any atom is -0.487 e. The number of benzene rings is 1. The molecule has 0 unspecified atom stereocenters. The zero-order chi connectivity index (χ0) is 13.0.